The van der Waals surface area contributed by atoms with Crippen LogP contribution in [-0.4, -0.2) is 17.4 Å². The van der Waals surface area contributed by atoms with Gasteiger partial charge in [0.05, 0.1) is 5.52 Å². The zero-order valence-electron chi connectivity index (χ0n) is 12.3. The van der Waals surface area contributed by atoms with E-state index < -0.39 is 0 Å². The molecule has 5 rings (SSSR count). The molecule has 0 atom stereocenters. The number of fused-ring (bicyclic) bond motifs is 7. The number of ether oxygens (including phenoxy) is 1. The van der Waals surface area contributed by atoms with Crippen molar-refractivity contribution in [1.82, 2.24) is 4.98 Å². The topological polar surface area (TPSA) is 42.1 Å². The second-order valence-electron chi connectivity index (χ2n) is 5.79. The van der Waals surface area contributed by atoms with Crippen LogP contribution in [0, 0.1) is 0 Å². The van der Waals surface area contributed by atoms with Crippen LogP contribution in [0.2, 0.25) is 0 Å². The smallest absolute Gasteiger partial charge is 0.200 e. The van der Waals surface area contributed by atoms with Gasteiger partial charge >= 0.3 is 0 Å². The van der Waals surface area contributed by atoms with Crippen molar-refractivity contribution in [1.29, 1.82) is 0 Å². The van der Waals surface area contributed by atoms with Crippen molar-refractivity contribution in [2.24, 2.45) is 0 Å². The van der Waals surface area contributed by atoms with Gasteiger partial charge in [-0.05, 0) is 23.8 Å². The van der Waals surface area contributed by atoms with Crippen LogP contribution < -0.4 is 4.74 Å². The number of nitrogens with one attached hydrogen (secondary N) is 1. The number of H-pyrrole nitrogens is 1. The molecule has 0 saturated heterocycles. The highest BCUT2D eigenvalue weighted by Gasteiger charge is 2.23. The maximum Gasteiger partial charge on any atom is 0.200 e. The molecule has 2 heterocycles. The van der Waals surface area contributed by atoms with Crippen LogP contribution in [0.15, 0.2) is 60.7 Å². The molecule has 3 heteroatoms. The maximum absolute atomic E-state index is 12.3. The Balaban J connectivity index is 1.98. The van der Waals surface area contributed by atoms with Crippen LogP contribution in [0.1, 0.15) is 10.4 Å². The lowest BCUT2D eigenvalue weighted by Crippen LogP contribution is -2.09. The molecular formula is C20H13NO2. The number of aromatic amines is 1. The van der Waals surface area contributed by atoms with E-state index in [1.807, 2.05) is 42.5 Å². The van der Waals surface area contributed by atoms with Crippen molar-refractivity contribution in [3.05, 3.63) is 66.2 Å². The molecule has 0 amide bonds. The van der Waals surface area contributed by atoms with Gasteiger partial charge in [0, 0.05) is 27.4 Å². The van der Waals surface area contributed by atoms with Gasteiger partial charge in [-0.15, -0.1) is 0 Å². The first-order valence-electron chi connectivity index (χ1n) is 7.62. The van der Waals surface area contributed by atoms with E-state index in [4.69, 9.17) is 4.74 Å². The predicted octanol–water partition coefficient (Wildman–Crippen LogP) is 4.56. The number of hydrogen-bond acceptors (Lipinski definition) is 2. The Morgan fingerprint density at radius 3 is 2.52 bits per heavy atom. The quantitative estimate of drug-likeness (QED) is 0.517. The second-order valence-corrected chi connectivity index (χ2v) is 5.79. The van der Waals surface area contributed by atoms with Crippen molar-refractivity contribution >= 4 is 27.6 Å². The molecule has 1 aliphatic rings. The number of hydrogen-bond donors (Lipinski definition) is 1. The molecule has 0 aliphatic carbocycles. The zero-order valence-corrected chi connectivity index (χ0v) is 12.3. The van der Waals surface area contributed by atoms with Crippen molar-refractivity contribution < 1.29 is 9.53 Å². The summed E-state index contributed by atoms with van der Waals surface area (Å²) in [6, 6.07) is 20.0. The van der Waals surface area contributed by atoms with E-state index in [-0.39, 0.29) is 12.4 Å². The van der Waals surface area contributed by atoms with E-state index >= 15 is 0 Å². The van der Waals surface area contributed by atoms with E-state index in [2.05, 4.69) is 23.2 Å². The fourth-order valence-electron chi connectivity index (χ4n) is 3.45. The highest BCUT2D eigenvalue weighted by molar-refractivity contribution is 6.15. The predicted molar refractivity (Wildman–Crippen MR) is 91.1 cm³/mol. The van der Waals surface area contributed by atoms with Crippen LogP contribution in [0.4, 0.5) is 0 Å². The highest BCUT2D eigenvalue weighted by atomic mass is 16.5. The molecule has 0 spiro atoms. The lowest BCUT2D eigenvalue weighted by Gasteiger charge is -2.09. The van der Waals surface area contributed by atoms with Gasteiger partial charge in [0.25, 0.3) is 0 Å². The molecule has 23 heavy (non-hydrogen) atoms. The third-order valence-corrected chi connectivity index (χ3v) is 4.50. The molecule has 0 fully saturated rings. The third-order valence-electron chi connectivity index (χ3n) is 4.50. The number of para-hydroxylation sites is 1. The van der Waals surface area contributed by atoms with Gasteiger partial charge in [0.1, 0.15) is 5.75 Å². The van der Waals surface area contributed by atoms with Crippen LogP contribution in [0.5, 0.6) is 5.75 Å². The summed E-state index contributed by atoms with van der Waals surface area (Å²) >= 11 is 0. The molecule has 110 valence electrons. The van der Waals surface area contributed by atoms with Gasteiger partial charge in [-0.3, -0.25) is 4.79 Å². The first kappa shape index (κ1) is 12.5. The van der Waals surface area contributed by atoms with Crippen LogP contribution in [-0.2, 0) is 0 Å². The number of benzene rings is 3. The summed E-state index contributed by atoms with van der Waals surface area (Å²) in [7, 11) is 0. The lowest BCUT2D eigenvalue weighted by atomic mass is 9.95. The number of rotatable bonds is 0. The molecule has 4 aromatic rings. The van der Waals surface area contributed by atoms with Crippen molar-refractivity contribution in [2.45, 2.75) is 0 Å². The molecule has 1 aliphatic heterocycles. The lowest BCUT2D eigenvalue weighted by molar-refractivity contribution is 0.0926. The van der Waals surface area contributed by atoms with Gasteiger partial charge in [0.2, 0.25) is 5.78 Å². The minimum Gasteiger partial charge on any atom is -0.485 e. The Kier molecular flexibility index (Phi) is 2.42. The van der Waals surface area contributed by atoms with E-state index in [0.29, 0.717) is 0 Å². The Bertz CT molecular complexity index is 1090. The standard InChI is InChI=1S/C20H13NO2/c22-17-11-23-18-10-9-15-12-5-3-4-8-16(12)21-20(15)19(18)14-7-2-1-6-13(14)17/h1-10,21H,11H2. The van der Waals surface area contributed by atoms with Crippen molar-refractivity contribution in [3.63, 3.8) is 0 Å². The fraction of sp³-hybridized carbons (Fsp3) is 0.0500. The van der Waals surface area contributed by atoms with E-state index in [1.54, 1.807) is 0 Å². The Labute approximate surface area is 132 Å². The normalized spacial score (nSPS) is 13.5. The molecule has 0 bridgehead atoms. The molecule has 3 aromatic carbocycles. The first-order valence-corrected chi connectivity index (χ1v) is 7.62. The average Bonchev–Trinajstić information content (AvgIpc) is 2.90. The minimum absolute atomic E-state index is 0.0149. The van der Waals surface area contributed by atoms with Crippen LogP contribution in [0.3, 0.4) is 0 Å². The number of carbonyl (C=O) groups is 1. The summed E-state index contributed by atoms with van der Waals surface area (Å²) in [5.41, 5.74) is 4.73. The number of aromatic nitrogens is 1. The van der Waals surface area contributed by atoms with Gasteiger partial charge < -0.3 is 9.72 Å². The summed E-state index contributed by atoms with van der Waals surface area (Å²) in [6.07, 6.45) is 0. The summed E-state index contributed by atoms with van der Waals surface area (Å²) in [5, 5.41) is 2.32. The van der Waals surface area contributed by atoms with Crippen LogP contribution >= 0.6 is 0 Å². The summed E-state index contributed by atoms with van der Waals surface area (Å²) in [6.45, 7) is 0.0791. The zero-order chi connectivity index (χ0) is 15.4. The van der Waals surface area contributed by atoms with Gasteiger partial charge in [-0.2, -0.15) is 0 Å². The third kappa shape index (κ3) is 1.67. The molecule has 1 N–H and O–H groups in total. The summed E-state index contributed by atoms with van der Waals surface area (Å²) < 4.78 is 5.78. The maximum atomic E-state index is 12.3. The number of carbonyl (C=O) groups excluding carboxylic acids is 1. The SMILES string of the molecule is O=C1COc2ccc3c([nH]c4ccccc43)c2-c2ccccc21. The Morgan fingerprint density at radius 2 is 1.61 bits per heavy atom. The van der Waals surface area contributed by atoms with Crippen LogP contribution in [0.25, 0.3) is 32.9 Å². The Morgan fingerprint density at radius 1 is 0.826 bits per heavy atom. The Hall–Kier alpha value is -3.07. The molecule has 3 nitrogen and oxygen atoms in total. The molecule has 1 aromatic heterocycles. The number of ketones is 1. The van der Waals surface area contributed by atoms with E-state index in [1.165, 1.54) is 5.39 Å². The number of Topliss-reactive ketones (excluding diaryl/α,β-unsaturated/α-hetero) is 1. The van der Waals surface area contributed by atoms with Gasteiger partial charge in [-0.1, -0.05) is 42.5 Å². The van der Waals surface area contributed by atoms with Crippen molar-refractivity contribution in [3.8, 4) is 16.9 Å². The summed E-state index contributed by atoms with van der Waals surface area (Å²) in [5.74, 6) is 0.767. The fourth-order valence-corrected chi connectivity index (χ4v) is 3.45. The molecule has 0 saturated carbocycles. The monoisotopic (exact) mass is 299 g/mol. The van der Waals surface area contributed by atoms with E-state index in [9.17, 15) is 4.79 Å². The largest absolute Gasteiger partial charge is 0.485 e. The molecular weight excluding hydrogens is 286 g/mol. The van der Waals surface area contributed by atoms with Gasteiger partial charge in [0.15, 0.2) is 6.61 Å². The van der Waals surface area contributed by atoms with Crippen molar-refractivity contribution in [2.75, 3.05) is 6.61 Å². The summed E-state index contributed by atoms with van der Waals surface area (Å²) in [4.78, 5) is 15.8. The highest BCUT2D eigenvalue weighted by Crippen LogP contribution is 2.42. The first-order chi connectivity index (χ1) is 11.3. The molecule has 0 radical (unpaired) electrons. The van der Waals surface area contributed by atoms with Gasteiger partial charge in [-0.25, -0.2) is 0 Å². The van der Waals surface area contributed by atoms with E-state index in [0.717, 1.165) is 38.9 Å². The average molecular weight is 299 g/mol. The molecule has 0 unspecified atom stereocenters. The minimum atomic E-state index is 0.0149. The second kappa shape index (κ2) is 4.46.